The van der Waals surface area contributed by atoms with E-state index >= 15 is 0 Å². The molecule has 4 rings (SSSR count). The maximum absolute atomic E-state index is 14.0. The van der Waals surface area contributed by atoms with Crippen LogP contribution in [0.3, 0.4) is 0 Å². The van der Waals surface area contributed by atoms with E-state index < -0.39 is 159 Å². The minimum Gasteiger partial charge on any atom is -0.462 e. The lowest BCUT2D eigenvalue weighted by Crippen LogP contribution is -2.62. The van der Waals surface area contributed by atoms with Gasteiger partial charge in [-0.25, -0.2) is 0 Å². The topological polar surface area (TPSA) is 332 Å². The first-order chi connectivity index (χ1) is 33.6. The predicted octanol–water partition coefficient (Wildman–Crippen LogP) is 0.657. The second kappa shape index (κ2) is 29.4. The second-order valence-corrected chi connectivity index (χ2v) is 19.8. The second-order valence-electron chi connectivity index (χ2n) is 19.8. The molecule has 0 radical (unpaired) electrons. The molecule has 4 aliphatic rings. The Morgan fingerprint density at radius 1 is 0.648 bits per heavy atom. The fourth-order valence-corrected chi connectivity index (χ4v) is 9.38. The summed E-state index contributed by atoms with van der Waals surface area (Å²) in [6.07, 6.45) is 5.10. The third kappa shape index (κ3) is 19.4. The van der Waals surface area contributed by atoms with E-state index in [1.807, 2.05) is 37.3 Å². The molecule has 3 fully saturated rings. The number of hydrogen-bond acceptors (Lipinski definition) is 18. The Kier molecular flexibility index (Phi) is 24.9. The Balaban J connectivity index is 1.60. The zero-order valence-corrected chi connectivity index (χ0v) is 41.4. The van der Waals surface area contributed by atoms with Crippen molar-refractivity contribution in [3.8, 4) is 0 Å². The summed E-state index contributed by atoms with van der Waals surface area (Å²) in [6, 6.07) is -1.74. The van der Waals surface area contributed by atoms with Crippen LogP contribution in [0.25, 0.3) is 0 Å². The van der Waals surface area contributed by atoms with Crippen LogP contribution in [0.4, 0.5) is 0 Å². The number of allylic oxidation sites excluding steroid dienone is 12. The van der Waals surface area contributed by atoms with E-state index in [2.05, 4.69) is 5.32 Å². The van der Waals surface area contributed by atoms with Crippen LogP contribution in [0.1, 0.15) is 98.3 Å². The largest absolute Gasteiger partial charge is 0.462 e. The number of cyclic esters (lactones) is 1. The number of nitrogens with two attached hydrogens (primary N) is 1. The first-order valence-electron chi connectivity index (χ1n) is 25.0. The van der Waals surface area contributed by atoms with Crippen molar-refractivity contribution < 1.29 is 84.7 Å². The van der Waals surface area contributed by atoms with Crippen molar-refractivity contribution in [1.82, 2.24) is 5.32 Å². The number of nitrogens with one attached hydrogen (secondary N) is 1. The van der Waals surface area contributed by atoms with Gasteiger partial charge in [0.25, 0.3) is 0 Å². The number of rotatable bonds is 4. The lowest BCUT2D eigenvalue weighted by atomic mass is 9.82. The van der Waals surface area contributed by atoms with Crippen LogP contribution in [0.5, 0.6) is 0 Å². The van der Waals surface area contributed by atoms with E-state index in [1.54, 1.807) is 75.5 Å². The molecule has 14 N–H and O–H groups in total. The van der Waals surface area contributed by atoms with Gasteiger partial charge < -0.3 is 86.2 Å². The molecule has 0 spiro atoms. The fourth-order valence-electron chi connectivity index (χ4n) is 9.38. The molecule has 3 heterocycles. The van der Waals surface area contributed by atoms with Gasteiger partial charge in [-0.15, -0.1) is 0 Å². The molecule has 402 valence electrons. The molecule has 71 heavy (non-hydrogen) atoms. The van der Waals surface area contributed by atoms with E-state index in [-0.39, 0.29) is 31.6 Å². The third-order valence-electron chi connectivity index (χ3n) is 13.8. The van der Waals surface area contributed by atoms with Gasteiger partial charge in [0, 0.05) is 37.5 Å². The molecule has 0 aromatic heterocycles. The summed E-state index contributed by atoms with van der Waals surface area (Å²) in [5.74, 6) is -5.77. The number of esters is 1. The summed E-state index contributed by atoms with van der Waals surface area (Å²) in [5.41, 5.74) is 6.11. The Morgan fingerprint density at radius 3 is 1.86 bits per heavy atom. The van der Waals surface area contributed by atoms with Crippen LogP contribution in [-0.4, -0.2) is 178 Å². The highest BCUT2D eigenvalue weighted by Gasteiger charge is 2.51. The molecule has 2 saturated heterocycles. The van der Waals surface area contributed by atoms with Crippen LogP contribution >= 0.6 is 0 Å². The number of ether oxygens (including phenoxy) is 4. The van der Waals surface area contributed by atoms with Gasteiger partial charge in [0.05, 0.1) is 97.7 Å². The van der Waals surface area contributed by atoms with E-state index in [0.29, 0.717) is 19.3 Å². The molecule has 0 aromatic rings. The van der Waals surface area contributed by atoms with Crippen LogP contribution < -0.4 is 11.1 Å². The van der Waals surface area contributed by atoms with Crippen LogP contribution in [-0.2, 0) is 28.5 Å². The molecule has 3 aliphatic heterocycles. The first-order valence-corrected chi connectivity index (χ1v) is 25.0. The molecule has 1 saturated carbocycles. The maximum atomic E-state index is 14.0. The normalized spacial score (nSPS) is 45.8. The average molecular weight is 1010 g/mol. The van der Waals surface area contributed by atoms with E-state index in [9.17, 15) is 65.8 Å². The van der Waals surface area contributed by atoms with Crippen molar-refractivity contribution >= 4 is 11.9 Å². The number of carbonyl (C=O) groups excluding carboxylic acids is 2. The number of amides is 1. The molecule has 2 bridgehead atoms. The van der Waals surface area contributed by atoms with E-state index in [0.717, 1.165) is 0 Å². The summed E-state index contributed by atoms with van der Waals surface area (Å²) in [5, 5.41) is 123. The van der Waals surface area contributed by atoms with Gasteiger partial charge in [-0.2, -0.15) is 0 Å². The Bertz CT molecular complexity index is 1840. The highest BCUT2D eigenvalue weighted by atomic mass is 16.7. The lowest BCUT2D eigenvalue weighted by Gasteiger charge is -2.46. The number of aliphatic hydroxyl groups is 11. The summed E-state index contributed by atoms with van der Waals surface area (Å²) in [4.78, 5) is 26.7. The summed E-state index contributed by atoms with van der Waals surface area (Å²) < 4.78 is 23.8. The SMILES string of the molecule is C[C@@H]1[C@H](O)[C@@H](C)/C=C/C=C/C=C/C=C/C=C/C=C/C=C/[C@H](O[C@@H]2O[C@H](C)[C@@H](O)[C@H](N)[C@@H]2O)C[C@@H]2O[C@](O)(C[C@@H](O)C[C@@H](O)[C@H](O)CC[C@@H](O)C[C@@H](O)CC(=O)O[C@H]1C)C[C@H](O)[C@H]2C(=O)NC1CCC[C@@H]1O. The summed E-state index contributed by atoms with van der Waals surface area (Å²) in [6.45, 7) is 6.79. The number of aliphatic hydroxyl groups excluding tert-OH is 10. The number of fused-ring (bicyclic) bond motifs is 2. The minimum atomic E-state index is -2.30. The molecular weight excluding hydrogens is 925 g/mol. The highest BCUT2D eigenvalue weighted by Crippen LogP contribution is 2.39. The van der Waals surface area contributed by atoms with Crippen molar-refractivity contribution in [2.75, 3.05) is 0 Å². The van der Waals surface area contributed by atoms with Crippen LogP contribution in [0, 0.1) is 17.8 Å². The number of carbonyl (C=O) groups is 2. The smallest absolute Gasteiger partial charge is 0.308 e. The van der Waals surface area contributed by atoms with Gasteiger partial charge in [-0.1, -0.05) is 98.9 Å². The third-order valence-corrected chi connectivity index (χ3v) is 13.8. The number of hydrogen-bond donors (Lipinski definition) is 13. The van der Waals surface area contributed by atoms with E-state index in [4.69, 9.17) is 24.7 Å². The van der Waals surface area contributed by atoms with Gasteiger partial charge in [0.2, 0.25) is 5.91 Å². The first kappa shape index (κ1) is 60.1. The van der Waals surface area contributed by atoms with Crippen LogP contribution in [0.2, 0.25) is 0 Å². The summed E-state index contributed by atoms with van der Waals surface area (Å²) >= 11 is 0. The van der Waals surface area contributed by atoms with Crippen molar-refractivity contribution in [2.24, 2.45) is 23.5 Å². The Morgan fingerprint density at radius 2 is 1.25 bits per heavy atom. The molecule has 19 heteroatoms. The standard InChI is InChI=1S/C52H82N2O17/c1-30-18-15-13-11-9-7-5-6-8-10-12-14-16-19-37(70-51-49(65)46(53)48(64)33(4)69-51)27-43-45(50(66)54-38-20-17-21-39(38)58)42(61)29-52(67,71-43)28-36(57)25-41(60)40(59)23-22-34(55)24-35(56)26-44(62)68-32(3)31(2)47(30)63/h5-16,18-19,30-43,45-49,51,55-61,63-65,67H,17,20-29,53H2,1-4H3,(H,54,66)/b6-5+,9-7+,10-8+,13-11+,14-12+,18-15+,19-16+/t30-,31-,32-,33+,34+,35+,36-,37-,38?,39-,40+,41+,42-,43-,45+,46-,47+,48+,49-,51-,52+/m0/s1. The van der Waals surface area contributed by atoms with E-state index in [1.165, 1.54) is 0 Å². The monoisotopic (exact) mass is 1010 g/mol. The quantitative estimate of drug-likeness (QED) is 0.172. The molecule has 19 nitrogen and oxygen atoms in total. The van der Waals surface area contributed by atoms with Crippen LogP contribution in [0.15, 0.2) is 85.1 Å². The van der Waals surface area contributed by atoms with Gasteiger partial charge in [-0.05, 0) is 52.4 Å². The zero-order valence-electron chi connectivity index (χ0n) is 41.4. The molecule has 1 unspecified atom stereocenters. The van der Waals surface area contributed by atoms with Gasteiger partial charge in [0.15, 0.2) is 12.1 Å². The molecule has 1 aliphatic carbocycles. The predicted molar refractivity (Wildman–Crippen MR) is 261 cm³/mol. The van der Waals surface area contributed by atoms with Crippen molar-refractivity contribution in [3.05, 3.63) is 85.1 Å². The average Bonchev–Trinajstić information content (AvgIpc) is 3.70. The molecule has 21 atom stereocenters. The van der Waals surface area contributed by atoms with Gasteiger partial charge in [-0.3, -0.25) is 9.59 Å². The fraction of sp³-hybridized carbons (Fsp3) is 0.692. The van der Waals surface area contributed by atoms with Crippen molar-refractivity contribution in [3.63, 3.8) is 0 Å². The lowest BCUT2D eigenvalue weighted by molar-refractivity contribution is -0.307. The summed E-state index contributed by atoms with van der Waals surface area (Å²) in [7, 11) is 0. The minimum absolute atomic E-state index is 0.102. The van der Waals surface area contributed by atoms with Gasteiger partial charge >= 0.3 is 5.97 Å². The zero-order chi connectivity index (χ0) is 52.4. The Labute approximate surface area is 417 Å². The molecule has 0 aromatic carbocycles. The molecular formula is C52H82N2O17. The Hall–Kier alpha value is -3.48. The van der Waals surface area contributed by atoms with Crippen molar-refractivity contribution in [1.29, 1.82) is 0 Å². The highest BCUT2D eigenvalue weighted by molar-refractivity contribution is 5.80. The van der Waals surface area contributed by atoms with Gasteiger partial charge in [0.1, 0.15) is 12.2 Å². The maximum Gasteiger partial charge on any atom is 0.308 e. The molecule has 1 amide bonds. The van der Waals surface area contributed by atoms with Crippen molar-refractivity contribution in [2.45, 2.75) is 208 Å².